The highest BCUT2D eigenvalue weighted by Gasteiger charge is 2.35. The van der Waals surface area contributed by atoms with E-state index in [0.717, 1.165) is 32.6 Å². The lowest BCUT2D eigenvalue weighted by Crippen LogP contribution is -2.53. The first-order valence-electron chi connectivity index (χ1n) is 8.07. The van der Waals surface area contributed by atoms with E-state index in [1.54, 1.807) is 0 Å². The zero-order valence-electron chi connectivity index (χ0n) is 14.3. The predicted molar refractivity (Wildman–Crippen MR) is 84.3 cm³/mol. The second kappa shape index (κ2) is 8.71. The van der Waals surface area contributed by atoms with Crippen LogP contribution in [0, 0.1) is 5.92 Å². The number of nitrogens with zero attached hydrogens (tertiary/aromatic N) is 1. The molecule has 0 aromatic rings. The fraction of sp³-hybridized carbons (Fsp3) is 0.938. The molecule has 1 aliphatic heterocycles. The van der Waals surface area contributed by atoms with Gasteiger partial charge >= 0.3 is 5.97 Å². The van der Waals surface area contributed by atoms with Crippen molar-refractivity contribution < 1.29 is 14.3 Å². The fourth-order valence-corrected chi connectivity index (χ4v) is 2.86. The minimum atomic E-state index is -0.632. The van der Waals surface area contributed by atoms with E-state index in [1.165, 1.54) is 6.42 Å². The van der Waals surface area contributed by atoms with Gasteiger partial charge < -0.3 is 19.7 Å². The fourth-order valence-electron chi connectivity index (χ4n) is 2.86. The largest absolute Gasteiger partial charge is 0.465 e. The van der Waals surface area contributed by atoms with Gasteiger partial charge in [-0.25, -0.2) is 0 Å². The molecule has 1 N–H and O–H groups in total. The Labute approximate surface area is 129 Å². The molecule has 1 heterocycles. The molecule has 3 unspecified atom stereocenters. The summed E-state index contributed by atoms with van der Waals surface area (Å²) in [6.07, 6.45) is 3.12. The number of hydrogen-bond donors (Lipinski definition) is 1. The molecule has 0 saturated carbocycles. The summed E-state index contributed by atoms with van der Waals surface area (Å²) in [5, 5.41) is 3.13. The van der Waals surface area contributed by atoms with E-state index in [9.17, 15) is 4.79 Å². The zero-order valence-corrected chi connectivity index (χ0v) is 14.3. The third-order valence-electron chi connectivity index (χ3n) is 4.53. The second-order valence-corrected chi connectivity index (χ2v) is 6.38. The molecule has 0 aromatic carbocycles. The van der Waals surface area contributed by atoms with Crippen LogP contribution in [0.5, 0.6) is 0 Å². The normalized spacial score (nSPS) is 23.6. The van der Waals surface area contributed by atoms with Gasteiger partial charge in [0.1, 0.15) is 5.54 Å². The van der Waals surface area contributed by atoms with E-state index in [4.69, 9.17) is 9.47 Å². The molecular weight excluding hydrogens is 268 g/mol. The smallest absolute Gasteiger partial charge is 0.326 e. The molecule has 0 aromatic heterocycles. The number of carbonyl (C=O) groups excluding carboxylic acids is 1. The first-order valence-corrected chi connectivity index (χ1v) is 8.07. The molecule has 21 heavy (non-hydrogen) atoms. The Balaban J connectivity index is 2.51. The predicted octanol–water partition coefficient (Wildman–Crippen LogP) is 1.66. The van der Waals surface area contributed by atoms with Gasteiger partial charge in [0.05, 0.1) is 13.2 Å². The summed E-state index contributed by atoms with van der Waals surface area (Å²) in [5.74, 6) is 0.434. The summed E-state index contributed by atoms with van der Waals surface area (Å²) >= 11 is 0. The van der Waals surface area contributed by atoms with Crippen LogP contribution in [0.25, 0.3) is 0 Å². The van der Waals surface area contributed by atoms with Gasteiger partial charge in [0, 0.05) is 19.2 Å². The van der Waals surface area contributed by atoms with Gasteiger partial charge in [-0.05, 0) is 60.0 Å². The van der Waals surface area contributed by atoms with Gasteiger partial charge in [0.15, 0.2) is 0 Å². The molecule has 1 fully saturated rings. The van der Waals surface area contributed by atoms with Crippen LogP contribution in [0.3, 0.4) is 0 Å². The van der Waals surface area contributed by atoms with Crippen molar-refractivity contribution >= 4 is 5.97 Å². The van der Waals surface area contributed by atoms with Crippen LogP contribution in [0.15, 0.2) is 0 Å². The molecule has 0 bridgehead atoms. The maximum absolute atomic E-state index is 12.1. The van der Waals surface area contributed by atoms with Crippen molar-refractivity contribution in [1.29, 1.82) is 0 Å². The van der Waals surface area contributed by atoms with Crippen LogP contribution in [0.2, 0.25) is 0 Å². The van der Waals surface area contributed by atoms with Crippen molar-refractivity contribution in [2.45, 2.75) is 51.6 Å². The average Bonchev–Trinajstić information content (AvgIpc) is 2.48. The molecule has 124 valence electrons. The lowest BCUT2D eigenvalue weighted by atomic mass is 9.92. The number of esters is 1. The number of carbonyl (C=O) groups is 1. The monoisotopic (exact) mass is 300 g/mol. The van der Waals surface area contributed by atoms with Crippen LogP contribution in [0.4, 0.5) is 0 Å². The van der Waals surface area contributed by atoms with E-state index in [0.29, 0.717) is 18.6 Å². The van der Waals surface area contributed by atoms with Gasteiger partial charge in [-0.15, -0.1) is 0 Å². The Hall–Kier alpha value is -0.650. The molecule has 1 saturated heterocycles. The van der Waals surface area contributed by atoms with Crippen LogP contribution < -0.4 is 5.32 Å². The maximum atomic E-state index is 12.1. The molecule has 3 atom stereocenters. The third kappa shape index (κ3) is 5.57. The Morgan fingerprint density at radius 1 is 1.57 bits per heavy atom. The van der Waals surface area contributed by atoms with Gasteiger partial charge in [-0.1, -0.05) is 0 Å². The maximum Gasteiger partial charge on any atom is 0.326 e. The number of nitrogens with one attached hydrogen (secondary N) is 1. The van der Waals surface area contributed by atoms with Crippen molar-refractivity contribution in [3.8, 4) is 0 Å². The van der Waals surface area contributed by atoms with E-state index in [-0.39, 0.29) is 5.97 Å². The molecule has 5 nitrogen and oxygen atoms in total. The summed E-state index contributed by atoms with van der Waals surface area (Å²) in [4.78, 5) is 14.4. The van der Waals surface area contributed by atoms with Gasteiger partial charge in [0.25, 0.3) is 0 Å². The number of ether oxygens (including phenoxy) is 2. The van der Waals surface area contributed by atoms with E-state index in [1.807, 2.05) is 20.9 Å². The summed E-state index contributed by atoms with van der Waals surface area (Å²) in [6, 6.07) is 0.300. The lowest BCUT2D eigenvalue weighted by molar-refractivity contribution is -0.151. The summed E-state index contributed by atoms with van der Waals surface area (Å²) < 4.78 is 10.7. The van der Waals surface area contributed by atoms with E-state index < -0.39 is 5.54 Å². The SMILES string of the molecule is CCOC(=O)C(C)(CC(C)N(C)CC1CCCOC1)NC. The van der Waals surface area contributed by atoms with Crippen molar-refractivity contribution in [2.75, 3.05) is 40.5 Å². The molecule has 0 spiro atoms. The van der Waals surface area contributed by atoms with Crippen LogP contribution >= 0.6 is 0 Å². The molecule has 0 aliphatic carbocycles. The van der Waals surface area contributed by atoms with Crippen molar-refractivity contribution in [3.63, 3.8) is 0 Å². The Kier molecular flexibility index (Phi) is 7.63. The number of hydrogen-bond acceptors (Lipinski definition) is 5. The lowest BCUT2D eigenvalue weighted by Gasteiger charge is -2.35. The van der Waals surface area contributed by atoms with Crippen molar-refractivity contribution in [1.82, 2.24) is 10.2 Å². The Bertz CT molecular complexity index is 319. The third-order valence-corrected chi connectivity index (χ3v) is 4.53. The molecular formula is C16H32N2O3. The van der Waals surface area contributed by atoms with E-state index >= 15 is 0 Å². The zero-order chi connectivity index (χ0) is 15.9. The molecule has 1 aliphatic rings. The standard InChI is InChI=1S/C16H32N2O3/c1-6-21-15(19)16(3,17-4)10-13(2)18(5)11-14-8-7-9-20-12-14/h13-14,17H,6-12H2,1-5H3. The van der Waals surface area contributed by atoms with Crippen LogP contribution in [-0.2, 0) is 14.3 Å². The highest BCUT2D eigenvalue weighted by Crippen LogP contribution is 2.20. The summed E-state index contributed by atoms with van der Waals surface area (Å²) in [6.45, 7) is 9.11. The average molecular weight is 300 g/mol. The van der Waals surface area contributed by atoms with Gasteiger partial charge in [-0.3, -0.25) is 4.79 Å². The Morgan fingerprint density at radius 2 is 2.29 bits per heavy atom. The Morgan fingerprint density at radius 3 is 2.81 bits per heavy atom. The topological polar surface area (TPSA) is 50.8 Å². The summed E-state index contributed by atoms with van der Waals surface area (Å²) in [5.41, 5.74) is -0.632. The first kappa shape index (κ1) is 18.4. The van der Waals surface area contributed by atoms with Crippen molar-refractivity contribution in [2.24, 2.45) is 5.92 Å². The highest BCUT2D eigenvalue weighted by atomic mass is 16.5. The van der Waals surface area contributed by atoms with Crippen molar-refractivity contribution in [3.05, 3.63) is 0 Å². The number of rotatable bonds is 8. The number of likely N-dealkylation sites (N-methyl/N-ethyl adjacent to an activating group) is 1. The summed E-state index contributed by atoms with van der Waals surface area (Å²) in [7, 11) is 3.94. The van der Waals surface area contributed by atoms with Crippen LogP contribution in [-0.4, -0.2) is 62.9 Å². The van der Waals surface area contributed by atoms with Gasteiger partial charge in [0.2, 0.25) is 0 Å². The molecule has 5 heteroatoms. The first-order chi connectivity index (χ1) is 9.92. The molecule has 0 amide bonds. The minimum Gasteiger partial charge on any atom is -0.465 e. The van der Waals surface area contributed by atoms with Gasteiger partial charge in [-0.2, -0.15) is 0 Å². The highest BCUT2D eigenvalue weighted by molar-refractivity contribution is 5.80. The quantitative estimate of drug-likeness (QED) is 0.691. The molecule has 1 rings (SSSR count). The second-order valence-electron chi connectivity index (χ2n) is 6.38. The van der Waals surface area contributed by atoms with E-state index in [2.05, 4.69) is 24.2 Å². The molecule has 0 radical (unpaired) electrons. The van der Waals surface area contributed by atoms with Crippen LogP contribution in [0.1, 0.15) is 40.0 Å². The minimum absolute atomic E-state index is 0.172.